The van der Waals surface area contributed by atoms with E-state index in [2.05, 4.69) is 9.97 Å². The molecule has 1 aliphatic rings. The van der Waals surface area contributed by atoms with Crippen molar-refractivity contribution in [1.29, 1.82) is 0 Å². The van der Waals surface area contributed by atoms with Gasteiger partial charge in [-0.3, -0.25) is 0 Å². The minimum absolute atomic E-state index is 0. The molecular weight excluding hydrogens is 503 g/mol. The molecule has 0 saturated carbocycles. The van der Waals surface area contributed by atoms with Crippen LogP contribution in [0.25, 0.3) is 10.9 Å². The van der Waals surface area contributed by atoms with E-state index in [4.69, 9.17) is 21.4 Å². The van der Waals surface area contributed by atoms with Crippen LogP contribution in [0.5, 0.6) is 5.75 Å². The molecule has 0 spiro atoms. The van der Waals surface area contributed by atoms with Gasteiger partial charge in [0.25, 0.3) is 0 Å². The summed E-state index contributed by atoms with van der Waals surface area (Å²) in [5.41, 5.74) is 2.78. The molecule has 0 amide bonds. The fourth-order valence-electron chi connectivity index (χ4n) is 4.33. The molecule has 0 saturated heterocycles. The molecule has 186 valence electrons. The highest BCUT2D eigenvalue weighted by atomic mass is 35.5. The number of aliphatic hydroxyl groups excluding tert-OH is 2. The average molecular weight is 526 g/mol. The average Bonchev–Trinajstić information content (AvgIpc) is 3.47. The molecule has 3 heterocycles. The first-order valence-electron chi connectivity index (χ1n) is 10.9. The molecule has 1 aliphatic heterocycles. The van der Waals surface area contributed by atoms with Crippen LogP contribution in [-0.4, -0.2) is 46.0 Å². The lowest BCUT2D eigenvalue weighted by atomic mass is 9.92. The molecule has 0 radical (unpaired) electrons. The molecule has 2 aromatic carbocycles. The van der Waals surface area contributed by atoms with E-state index in [-0.39, 0.29) is 13.2 Å². The molecule has 2 aromatic heterocycles. The predicted octanol–water partition coefficient (Wildman–Crippen LogP) is 5.43. The van der Waals surface area contributed by atoms with Crippen molar-refractivity contribution in [3.63, 3.8) is 0 Å². The first-order valence-corrected chi connectivity index (χ1v) is 12.1. The maximum Gasteiger partial charge on any atom is 0.434 e. The van der Waals surface area contributed by atoms with E-state index < -0.39 is 30.6 Å². The Morgan fingerprint density at radius 3 is 2.71 bits per heavy atom. The molecule has 2 atom stereocenters. The third-order valence-corrected chi connectivity index (χ3v) is 7.08. The van der Waals surface area contributed by atoms with E-state index in [1.54, 1.807) is 18.2 Å². The lowest BCUT2D eigenvalue weighted by molar-refractivity contribution is -0.140. The van der Waals surface area contributed by atoms with E-state index in [0.717, 1.165) is 44.4 Å². The van der Waals surface area contributed by atoms with Crippen LogP contribution in [0.15, 0.2) is 47.8 Å². The molecule has 0 aliphatic carbocycles. The second-order valence-corrected chi connectivity index (χ2v) is 9.56. The summed E-state index contributed by atoms with van der Waals surface area (Å²) in [6, 6.07) is 12.3. The Hall–Kier alpha value is -2.79. The number of nitrogens with zero attached hydrogens (tertiary/aromatic N) is 2. The maximum atomic E-state index is 13.3. The largest absolute Gasteiger partial charge is 0.491 e. The number of H-pyrrole nitrogens is 1. The Labute approximate surface area is 209 Å². The summed E-state index contributed by atoms with van der Waals surface area (Å²) in [4.78, 5) is 9.24. The van der Waals surface area contributed by atoms with Crippen LogP contribution in [-0.2, 0) is 12.6 Å². The monoisotopic (exact) mass is 525 g/mol. The molecule has 6 nitrogen and oxygen atoms in total. The van der Waals surface area contributed by atoms with Crippen molar-refractivity contribution in [3.05, 3.63) is 75.4 Å². The number of thiazole rings is 1. The highest BCUT2D eigenvalue weighted by Crippen LogP contribution is 2.43. The first-order chi connectivity index (χ1) is 16.7. The van der Waals surface area contributed by atoms with Gasteiger partial charge in [-0.15, -0.1) is 11.3 Å². The highest BCUT2D eigenvalue weighted by molar-refractivity contribution is 7.13. The van der Waals surface area contributed by atoms with Gasteiger partial charge in [-0.25, -0.2) is 4.98 Å². The Morgan fingerprint density at radius 2 is 2.03 bits per heavy atom. The van der Waals surface area contributed by atoms with Crippen LogP contribution >= 0.6 is 22.9 Å². The van der Waals surface area contributed by atoms with E-state index >= 15 is 0 Å². The molecule has 11 heteroatoms. The molecule has 0 bridgehead atoms. The van der Waals surface area contributed by atoms with Gasteiger partial charge in [0, 0.05) is 35.0 Å². The predicted molar refractivity (Wildman–Crippen MR) is 130 cm³/mol. The van der Waals surface area contributed by atoms with Crippen molar-refractivity contribution in [2.75, 3.05) is 24.7 Å². The van der Waals surface area contributed by atoms with Crippen molar-refractivity contribution >= 4 is 39.0 Å². The quantitative estimate of drug-likeness (QED) is 0.313. The van der Waals surface area contributed by atoms with Crippen LogP contribution in [0.3, 0.4) is 0 Å². The molecule has 5 rings (SSSR count). The number of rotatable bonds is 6. The van der Waals surface area contributed by atoms with Crippen LogP contribution in [0, 0.1) is 0 Å². The third kappa shape index (κ3) is 4.71. The van der Waals surface area contributed by atoms with Gasteiger partial charge in [0.1, 0.15) is 18.5 Å². The number of fused-ring (bicyclic) bond motifs is 3. The number of hydrogen-bond donors (Lipinski definition) is 3. The fraction of sp³-hybridized carbons (Fsp3) is 0.292. The number of aromatic amines is 1. The van der Waals surface area contributed by atoms with E-state index in [0.29, 0.717) is 23.7 Å². The number of aliphatic hydroxyl groups is 2. The lowest BCUT2D eigenvalue weighted by Gasteiger charge is -2.36. The van der Waals surface area contributed by atoms with Crippen molar-refractivity contribution < 1.29 is 29.5 Å². The van der Waals surface area contributed by atoms with Crippen LogP contribution in [0.1, 0.15) is 30.0 Å². The summed E-state index contributed by atoms with van der Waals surface area (Å²) in [5.74, 6) is 0.501. The van der Waals surface area contributed by atoms with Gasteiger partial charge in [-0.2, -0.15) is 13.2 Å². The number of nitrogens with one attached hydrogen (secondary N) is 1. The number of alkyl halides is 3. The standard InChI is InChI=1S/C24H21ClF3N3O3S.H2/c25-14-3-6-19-18(9-14)17-7-8-31(23-30-20(12-35-23)24(26,27)28)22(21(17)29-19)13-1-4-16(5-2-13)34-11-15(33)10-32;/h1-6,9,12,15,22,29,32-33H,7-8,10-11H2;1H/t15-,22-;/m0./s1. The van der Waals surface area contributed by atoms with Crippen molar-refractivity contribution in [3.8, 4) is 5.75 Å². The van der Waals surface area contributed by atoms with Crippen LogP contribution < -0.4 is 9.64 Å². The summed E-state index contributed by atoms with van der Waals surface area (Å²) >= 11 is 7.20. The Kier molecular flexibility index (Phi) is 6.39. The molecule has 4 aromatic rings. The highest BCUT2D eigenvalue weighted by Gasteiger charge is 2.37. The molecule has 0 fully saturated rings. The second kappa shape index (κ2) is 9.34. The third-order valence-electron chi connectivity index (χ3n) is 5.97. The van der Waals surface area contributed by atoms with E-state index in [9.17, 15) is 18.3 Å². The van der Waals surface area contributed by atoms with Crippen LogP contribution in [0.2, 0.25) is 5.02 Å². The fourth-order valence-corrected chi connectivity index (χ4v) is 5.39. The number of anilines is 1. The molecule has 3 N–H and O–H groups in total. The molecular formula is C24H23ClF3N3O3S. The van der Waals surface area contributed by atoms with Gasteiger partial charge in [0.2, 0.25) is 0 Å². The minimum atomic E-state index is -4.51. The molecule has 35 heavy (non-hydrogen) atoms. The Bertz CT molecular complexity index is 1350. The topological polar surface area (TPSA) is 81.6 Å². The second-order valence-electron chi connectivity index (χ2n) is 8.28. The number of ether oxygens (including phenoxy) is 1. The van der Waals surface area contributed by atoms with Crippen molar-refractivity contribution in [2.45, 2.75) is 24.7 Å². The molecule has 0 unspecified atom stereocenters. The number of benzene rings is 2. The maximum absolute atomic E-state index is 13.3. The smallest absolute Gasteiger partial charge is 0.434 e. The zero-order valence-electron chi connectivity index (χ0n) is 18.2. The van der Waals surface area contributed by atoms with Gasteiger partial charge in [-0.1, -0.05) is 23.7 Å². The summed E-state index contributed by atoms with van der Waals surface area (Å²) in [6.07, 6.45) is -4.88. The zero-order chi connectivity index (χ0) is 24.7. The van der Waals surface area contributed by atoms with E-state index in [1.807, 2.05) is 29.2 Å². The first kappa shape index (κ1) is 23.9. The van der Waals surface area contributed by atoms with E-state index in [1.165, 1.54) is 0 Å². The summed E-state index contributed by atoms with van der Waals surface area (Å²) in [7, 11) is 0. The SMILES string of the molecule is OC[C@H](O)COc1ccc([C@H]2c3[nH]c4ccc(Cl)cc4c3CCN2c2nc(C(F)(F)F)cs2)cc1.[HH]. The Balaban J connectivity index is 0.00000304. The lowest BCUT2D eigenvalue weighted by Crippen LogP contribution is -2.36. The van der Waals surface area contributed by atoms with Crippen LogP contribution in [0.4, 0.5) is 18.3 Å². The zero-order valence-corrected chi connectivity index (χ0v) is 19.8. The van der Waals surface area contributed by atoms with Gasteiger partial charge >= 0.3 is 6.18 Å². The van der Waals surface area contributed by atoms with Gasteiger partial charge < -0.3 is 24.8 Å². The number of halogens is 4. The summed E-state index contributed by atoms with van der Waals surface area (Å²) in [5, 5.41) is 21.4. The number of aromatic nitrogens is 2. The normalized spacial score (nSPS) is 17.0. The summed E-state index contributed by atoms with van der Waals surface area (Å²) in [6.45, 7) is 0.0105. The van der Waals surface area contributed by atoms with Gasteiger partial charge in [0.15, 0.2) is 10.8 Å². The Morgan fingerprint density at radius 1 is 1.26 bits per heavy atom. The minimum Gasteiger partial charge on any atom is -0.491 e. The number of hydrogen-bond acceptors (Lipinski definition) is 6. The van der Waals surface area contributed by atoms with Gasteiger partial charge in [0.05, 0.1) is 12.6 Å². The van der Waals surface area contributed by atoms with Crippen molar-refractivity contribution in [1.82, 2.24) is 9.97 Å². The van der Waals surface area contributed by atoms with Crippen molar-refractivity contribution in [2.24, 2.45) is 0 Å². The summed E-state index contributed by atoms with van der Waals surface area (Å²) < 4.78 is 45.3. The van der Waals surface area contributed by atoms with Gasteiger partial charge in [-0.05, 0) is 47.9 Å².